The molecule has 4 nitrogen and oxygen atoms in total. The summed E-state index contributed by atoms with van der Waals surface area (Å²) >= 11 is 0. The molecule has 0 radical (unpaired) electrons. The Morgan fingerprint density at radius 2 is 2.14 bits per heavy atom. The maximum absolute atomic E-state index is 11.2. The van der Waals surface area contributed by atoms with E-state index in [9.17, 15) is 8.42 Å². The molecular weight excluding hydrogens is 274 g/mol. The number of fused-ring (bicyclic) bond motifs is 1. The SMILES string of the molecule is Cc1cncc2c1[N-]S(=O)(=O)CC2.[Rb+]. The van der Waals surface area contributed by atoms with E-state index in [0.29, 0.717) is 12.1 Å². The molecule has 6 heteroatoms. The van der Waals surface area contributed by atoms with Gasteiger partial charge in [-0.3, -0.25) is 4.98 Å². The first kappa shape index (κ1) is 12.8. The van der Waals surface area contributed by atoms with Crippen molar-refractivity contribution in [2.75, 3.05) is 5.75 Å². The monoisotopic (exact) mass is 282 g/mol. The molecule has 2 rings (SSSR count). The third kappa shape index (κ3) is 2.63. The largest absolute Gasteiger partial charge is 1.00 e. The average Bonchev–Trinajstić information content (AvgIpc) is 2.06. The van der Waals surface area contributed by atoms with Crippen molar-refractivity contribution in [2.45, 2.75) is 13.3 Å². The maximum Gasteiger partial charge on any atom is 1.00 e. The van der Waals surface area contributed by atoms with Crippen molar-refractivity contribution < 1.29 is 66.6 Å². The van der Waals surface area contributed by atoms with Crippen LogP contribution in [0.15, 0.2) is 12.4 Å². The molecule has 0 saturated carbocycles. The molecule has 0 bridgehead atoms. The van der Waals surface area contributed by atoms with Crippen molar-refractivity contribution >= 4 is 15.7 Å². The van der Waals surface area contributed by atoms with Gasteiger partial charge in [0.1, 0.15) is 0 Å². The molecule has 0 saturated heterocycles. The van der Waals surface area contributed by atoms with Crippen LogP contribution in [0.25, 0.3) is 4.72 Å². The van der Waals surface area contributed by atoms with Crippen molar-refractivity contribution in [3.8, 4) is 0 Å². The normalized spacial score (nSPS) is 17.5. The summed E-state index contributed by atoms with van der Waals surface area (Å²) in [6.07, 6.45) is 3.83. The molecule has 0 aliphatic carbocycles. The molecule has 0 aromatic carbocycles. The summed E-state index contributed by atoms with van der Waals surface area (Å²) in [4.78, 5) is 3.99. The summed E-state index contributed by atoms with van der Waals surface area (Å²) in [5.41, 5.74) is 2.33. The van der Waals surface area contributed by atoms with Gasteiger partial charge in [0.15, 0.2) is 0 Å². The van der Waals surface area contributed by atoms with Gasteiger partial charge in [-0.25, -0.2) is 8.42 Å². The summed E-state index contributed by atoms with van der Waals surface area (Å²) in [5.74, 6) is 0.102. The third-order valence-corrected chi connectivity index (χ3v) is 3.22. The minimum atomic E-state index is -3.22. The van der Waals surface area contributed by atoms with Crippen molar-refractivity contribution in [3.63, 3.8) is 0 Å². The molecule has 70 valence electrons. The fourth-order valence-electron chi connectivity index (χ4n) is 1.35. The van der Waals surface area contributed by atoms with E-state index < -0.39 is 10.0 Å². The van der Waals surface area contributed by atoms with Crippen LogP contribution in [0.1, 0.15) is 11.1 Å². The maximum atomic E-state index is 11.2. The summed E-state index contributed by atoms with van der Waals surface area (Å²) in [6.45, 7) is 1.82. The molecule has 0 amide bonds. The van der Waals surface area contributed by atoms with Gasteiger partial charge in [-0.1, -0.05) is 0 Å². The number of hydrogen-bond acceptors (Lipinski definition) is 3. The Kier molecular flexibility index (Phi) is 4.28. The van der Waals surface area contributed by atoms with Crippen LogP contribution in [0.2, 0.25) is 0 Å². The Balaban J connectivity index is 0.000000980. The van der Waals surface area contributed by atoms with Gasteiger partial charge in [-0.15, -0.1) is 5.69 Å². The Morgan fingerprint density at radius 3 is 2.86 bits per heavy atom. The predicted octanol–water partition coefficient (Wildman–Crippen LogP) is -1.71. The number of aryl methyl sites for hydroxylation is 2. The zero-order valence-corrected chi connectivity index (χ0v) is 13.9. The fraction of sp³-hybridized carbons (Fsp3) is 0.375. The molecule has 0 spiro atoms. The summed E-state index contributed by atoms with van der Waals surface area (Å²) in [7, 11) is -3.22. The number of nitrogens with zero attached hydrogens (tertiary/aromatic N) is 2. The number of pyridine rings is 1. The van der Waals surface area contributed by atoms with E-state index in [1.807, 2.05) is 6.92 Å². The second kappa shape index (κ2) is 4.70. The van der Waals surface area contributed by atoms with E-state index in [4.69, 9.17) is 0 Å². The Labute approximate surface area is 132 Å². The van der Waals surface area contributed by atoms with Gasteiger partial charge in [0.05, 0.1) is 10.0 Å². The van der Waals surface area contributed by atoms with Crippen LogP contribution in [-0.2, 0) is 16.4 Å². The first-order chi connectivity index (χ1) is 6.08. The quantitative estimate of drug-likeness (QED) is 0.569. The Bertz CT molecular complexity index is 445. The van der Waals surface area contributed by atoms with Gasteiger partial charge in [0, 0.05) is 18.1 Å². The van der Waals surface area contributed by atoms with E-state index in [0.717, 1.165) is 11.1 Å². The van der Waals surface area contributed by atoms with Gasteiger partial charge >= 0.3 is 58.2 Å². The molecule has 1 aliphatic rings. The molecule has 1 aromatic heterocycles. The first-order valence-corrected chi connectivity index (χ1v) is 5.58. The third-order valence-electron chi connectivity index (χ3n) is 2.04. The molecule has 0 fully saturated rings. The van der Waals surface area contributed by atoms with Gasteiger partial charge in [0.25, 0.3) is 0 Å². The van der Waals surface area contributed by atoms with Crippen molar-refractivity contribution in [1.29, 1.82) is 0 Å². The fourth-order valence-corrected chi connectivity index (χ4v) is 2.46. The molecule has 1 aliphatic heterocycles. The van der Waals surface area contributed by atoms with Gasteiger partial charge < -0.3 is 4.72 Å². The van der Waals surface area contributed by atoms with Crippen molar-refractivity contribution in [1.82, 2.24) is 4.98 Å². The summed E-state index contributed by atoms with van der Waals surface area (Å²) in [6, 6.07) is 0. The first-order valence-electron chi connectivity index (χ1n) is 3.98. The van der Waals surface area contributed by atoms with E-state index >= 15 is 0 Å². The van der Waals surface area contributed by atoms with Gasteiger partial charge in [-0.2, -0.15) is 0 Å². The number of rotatable bonds is 0. The molecule has 14 heavy (non-hydrogen) atoms. The minimum absolute atomic E-state index is 0. The molecule has 0 N–H and O–H groups in total. The van der Waals surface area contributed by atoms with E-state index in [1.165, 1.54) is 0 Å². The van der Waals surface area contributed by atoms with Gasteiger partial charge in [0.2, 0.25) is 0 Å². The second-order valence-corrected chi connectivity index (χ2v) is 4.85. The number of sulfonamides is 1. The molecule has 2 heterocycles. The van der Waals surface area contributed by atoms with E-state index in [1.54, 1.807) is 12.4 Å². The Hall–Kier alpha value is 0.705. The standard InChI is InChI=1S/C8H9N2O2S.Rb/c1-6-4-9-5-7-2-3-13(11,12)10-8(6)7;/h4-5H,2-3H2,1H3;/q-1;+1. The smallest absolute Gasteiger partial charge is 0.576 e. The minimum Gasteiger partial charge on any atom is -0.576 e. The molecule has 0 unspecified atom stereocenters. The number of hydrogen-bond donors (Lipinski definition) is 0. The zero-order valence-electron chi connectivity index (χ0n) is 8.19. The van der Waals surface area contributed by atoms with Crippen LogP contribution in [0.5, 0.6) is 0 Å². The van der Waals surface area contributed by atoms with Crippen LogP contribution in [-0.4, -0.2) is 19.2 Å². The van der Waals surface area contributed by atoms with Crippen LogP contribution in [0.3, 0.4) is 0 Å². The van der Waals surface area contributed by atoms with E-state index in [-0.39, 0.29) is 63.9 Å². The topological polar surface area (TPSA) is 61.1 Å². The number of aromatic nitrogens is 1. The average molecular weight is 283 g/mol. The molecule has 0 atom stereocenters. The predicted molar refractivity (Wildman–Crippen MR) is 49.5 cm³/mol. The van der Waals surface area contributed by atoms with Crippen molar-refractivity contribution in [3.05, 3.63) is 28.2 Å². The van der Waals surface area contributed by atoms with Gasteiger partial charge in [-0.05, 0) is 24.5 Å². The van der Waals surface area contributed by atoms with Crippen molar-refractivity contribution in [2.24, 2.45) is 0 Å². The molecular formula is C8H9N2O2RbS. The summed E-state index contributed by atoms with van der Waals surface area (Å²) < 4.78 is 26.1. The van der Waals surface area contributed by atoms with Crippen LogP contribution >= 0.6 is 0 Å². The zero-order chi connectivity index (χ0) is 9.47. The molecule has 1 aromatic rings. The van der Waals surface area contributed by atoms with E-state index in [2.05, 4.69) is 9.71 Å². The van der Waals surface area contributed by atoms with Crippen LogP contribution in [0, 0.1) is 6.92 Å². The summed E-state index contributed by atoms with van der Waals surface area (Å²) in [5, 5.41) is 0. The van der Waals surface area contributed by atoms with Crippen LogP contribution in [0.4, 0.5) is 5.69 Å². The second-order valence-electron chi connectivity index (χ2n) is 3.09. The Morgan fingerprint density at radius 1 is 1.43 bits per heavy atom. The van der Waals surface area contributed by atoms with Crippen LogP contribution < -0.4 is 58.2 Å².